The van der Waals surface area contributed by atoms with Crippen molar-refractivity contribution in [1.82, 2.24) is 10.7 Å². The van der Waals surface area contributed by atoms with Gasteiger partial charge in [-0.15, -0.1) is 0 Å². The number of nitrogens with one attached hydrogen (secondary N) is 1. The van der Waals surface area contributed by atoms with Crippen LogP contribution >= 0.6 is 0 Å². The van der Waals surface area contributed by atoms with Crippen LogP contribution in [0.2, 0.25) is 0 Å². The first kappa shape index (κ1) is 8.66. The van der Waals surface area contributed by atoms with Gasteiger partial charge in [0.05, 0.1) is 0 Å². The summed E-state index contributed by atoms with van der Waals surface area (Å²) in [6, 6.07) is 8.61. The van der Waals surface area contributed by atoms with Gasteiger partial charge in [0.25, 0.3) is 5.91 Å². The maximum absolute atomic E-state index is 11.2. The van der Waals surface area contributed by atoms with E-state index in [9.17, 15) is 4.79 Å². The largest absolute Gasteiger partial charge is 0.283 e. The van der Waals surface area contributed by atoms with Crippen molar-refractivity contribution in [2.75, 3.05) is 0 Å². The first-order valence-electron chi connectivity index (χ1n) is 3.36. The second-order valence-corrected chi connectivity index (χ2v) is 2.17. The van der Waals surface area contributed by atoms with Crippen LogP contribution in [0, 0.1) is 0 Å². The van der Waals surface area contributed by atoms with Crippen LogP contribution in [0.1, 0.15) is 10.4 Å². The highest BCUT2D eigenvalue weighted by Gasteiger charge is 2.08. The number of carbonyl (C=O) groups excluding carboxylic acids is 1. The van der Waals surface area contributed by atoms with Gasteiger partial charge in [-0.3, -0.25) is 10.6 Å². The predicted octanol–water partition coefficient (Wildman–Crippen LogP) is -0.619. The summed E-state index contributed by atoms with van der Waals surface area (Å²) in [5, 5.41) is 0.718. The van der Waals surface area contributed by atoms with Gasteiger partial charge in [0, 0.05) is 5.56 Å². The monoisotopic (exact) mass is 166 g/mol. The molecule has 5 N–H and O–H groups in total. The second-order valence-electron chi connectivity index (χ2n) is 2.17. The molecule has 0 aliphatic carbocycles. The second kappa shape index (κ2) is 3.82. The molecule has 0 bridgehead atoms. The summed E-state index contributed by atoms with van der Waals surface area (Å²) in [6.45, 7) is 0. The fourth-order valence-electron chi connectivity index (χ4n) is 0.778. The highest BCUT2D eigenvalue weighted by atomic mass is 16.2. The Balaban J connectivity index is 2.79. The molecule has 1 aromatic rings. The maximum atomic E-state index is 11.2. The van der Waals surface area contributed by atoms with Crippen LogP contribution in [0.5, 0.6) is 0 Å². The van der Waals surface area contributed by atoms with E-state index in [0.717, 1.165) is 5.12 Å². The number of hydrazine groups is 3. The number of hydrogen-bond acceptors (Lipinski definition) is 4. The van der Waals surface area contributed by atoms with E-state index in [0.29, 0.717) is 5.56 Å². The molecule has 0 radical (unpaired) electrons. The van der Waals surface area contributed by atoms with Gasteiger partial charge >= 0.3 is 0 Å². The molecule has 0 aliphatic heterocycles. The molecule has 64 valence electrons. The molecule has 5 nitrogen and oxygen atoms in total. The summed E-state index contributed by atoms with van der Waals surface area (Å²) in [4.78, 5) is 11.2. The van der Waals surface area contributed by atoms with Gasteiger partial charge in [-0.25, -0.2) is 5.84 Å². The molecule has 0 unspecified atom stereocenters. The summed E-state index contributed by atoms with van der Waals surface area (Å²) in [6.07, 6.45) is 0. The summed E-state index contributed by atoms with van der Waals surface area (Å²) in [5.74, 6) is 9.76. The lowest BCUT2D eigenvalue weighted by Crippen LogP contribution is -2.51. The van der Waals surface area contributed by atoms with E-state index in [1.165, 1.54) is 0 Å². The maximum Gasteiger partial charge on any atom is 0.283 e. The van der Waals surface area contributed by atoms with Crippen molar-refractivity contribution in [3.8, 4) is 0 Å². The van der Waals surface area contributed by atoms with E-state index in [1.54, 1.807) is 24.3 Å². The molecule has 0 aliphatic rings. The molecule has 5 heteroatoms. The quantitative estimate of drug-likeness (QED) is 0.310. The Bertz CT molecular complexity index is 261. The number of nitrogens with zero attached hydrogens (tertiary/aromatic N) is 1. The van der Waals surface area contributed by atoms with Gasteiger partial charge in [-0.05, 0) is 12.1 Å². The molecule has 12 heavy (non-hydrogen) atoms. The lowest BCUT2D eigenvalue weighted by Gasteiger charge is -2.13. The third-order valence-corrected chi connectivity index (χ3v) is 1.38. The molecule has 0 spiro atoms. The topological polar surface area (TPSA) is 84.4 Å². The average Bonchev–Trinajstić information content (AvgIpc) is 2.17. The van der Waals surface area contributed by atoms with Crippen molar-refractivity contribution in [3.05, 3.63) is 35.9 Å². The number of benzene rings is 1. The van der Waals surface area contributed by atoms with E-state index >= 15 is 0 Å². The first-order valence-corrected chi connectivity index (χ1v) is 3.36. The van der Waals surface area contributed by atoms with Crippen molar-refractivity contribution in [2.45, 2.75) is 0 Å². The molecule has 0 atom stereocenters. The highest BCUT2D eigenvalue weighted by Crippen LogP contribution is 1.99. The van der Waals surface area contributed by atoms with Crippen LogP contribution in [0.3, 0.4) is 0 Å². The van der Waals surface area contributed by atoms with Crippen LogP contribution in [0.15, 0.2) is 30.3 Å². The van der Waals surface area contributed by atoms with Gasteiger partial charge in [-0.2, -0.15) is 10.7 Å². The number of hydrogen-bond donors (Lipinski definition) is 3. The molecule has 0 heterocycles. The molecule has 1 aromatic carbocycles. The van der Waals surface area contributed by atoms with Gasteiger partial charge in [0.2, 0.25) is 0 Å². The zero-order valence-electron chi connectivity index (χ0n) is 6.40. The van der Waals surface area contributed by atoms with E-state index in [2.05, 4.69) is 0 Å². The Morgan fingerprint density at radius 2 is 1.92 bits per heavy atom. The summed E-state index contributed by atoms with van der Waals surface area (Å²) >= 11 is 0. The highest BCUT2D eigenvalue weighted by molar-refractivity contribution is 5.93. The van der Waals surface area contributed by atoms with Gasteiger partial charge in [-0.1, -0.05) is 18.2 Å². The zero-order chi connectivity index (χ0) is 8.97. The van der Waals surface area contributed by atoms with E-state index in [1.807, 2.05) is 11.6 Å². The number of rotatable bonds is 2. The summed E-state index contributed by atoms with van der Waals surface area (Å²) < 4.78 is 0. The number of carbonyl (C=O) groups is 1. The van der Waals surface area contributed by atoms with Gasteiger partial charge < -0.3 is 0 Å². The van der Waals surface area contributed by atoms with E-state index in [-0.39, 0.29) is 5.91 Å². The standard InChI is InChI=1S/C7H10N4O/c8-10-11(9)7(12)6-4-2-1-3-5-6/h1-5,10H,8-9H2. The van der Waals surface area contributed by atoms with Crippen LogP contribution in [0.4, 0.5) is 0 Å². The number of amides is 1. The average molecular weight is 166 g/mol. The minimum Gasteiger partial charge on any atom is -0.266 e. The van der Waals surface area contributed by atoms with Crippen LogP contribution in [0.25, 0.3) is 0 Å². The molecule has 0 saturated carbocycles. The Morgan fingerprint density at radius 1 is 1.33 bits per heavy atom. The van der Waals surface area contributed by atoms with E-state index in [4.69, 9.17) is 11.7 Å². The van der Waals surface area contributed by atoms with Crippen molar-refractivity contribution >= 4 is 5.91 Å². The van der Waals surface area contributed by atoms with E-state index < -0.39 is 0 Å². The van der Waals surface area contributed by atoms with Crippen LogP contribution in [-0.4, -0.2) is 11.0 Å². The minimum absolute atomic E-state index is 0.377. The summed E-state index contributed by atoms with van der Waals surface area (Å²) in [7, 11) is 0. The Morgan fingerprint density at radius 3 is 2.42 bits per heavy atom. The fourth-order valence-corrected chi connectivity index (χ4v) is 0.778. The Hall–Kier alpha value is -1.43. The predicted molar refractivity (Wildman–Crippen MR) is 44.1 cm³/mol. The third kappa shape index (κ3) is 1.79. The van der Waals surface area contributed by atoms with Gasteiger partial charge in [0.15, 0.2) is 0 Å². The van der Waals surface area contributed by atoms with Crippen LogP contribution < -0.4 is 17.2 Å². The molecule has 1 amide bonds. The minimum atomic E-state index is -0.377. The Kier molecular flexibility index (Phi) is 2.76. The zero-order valence-corrected chi connectivity index (χ0v) is 6.40. The normalized spacial score (nSPS) is 9.50. The molecule has 0 aromatic heterocycles. The molecule has 0 saturated heterocycles. The van der Waals surface area contributed by atoms with Crippen molar-refractivity contribution < 1.29 is 4.79 Å². The Labute approximate surface area is 69.9 Å². The first-order chi connectivity index (χ1) is 5.75. The van der Waals surface area contributed by atoms with Crippen molar-refractivity contribution in [1.29, 1.82) is 0 Å². The van der Waals surface area contributed by atoms with Crippen molar-refractivity contribution in [3.63, 3.8) is 0 Å². The molecule has 1 rings (SSSR count). The van der Waals surface area contributed by atoms with Gasteiger partial charge in [0.1, 0.15) is 0 Å². The number of nitrogens with two attached hydrogens (primary N) is 2. The molecular formula is C7H10N4O. The summed E-state index contributed by atoms with van der Waals surface area (Å²) in [5.41, 5.74) is 2.51. The van der Waals surface area contributed by atoms with Crippen molar-refractivity contribution in [2.24, 2.45) is 11.7 Å². The lowest BCUT2D eigenvalue weighted by atomic mass is 10.2. The van der Waals surface area contributed by atoms with Crippen LogP contribution in [-0.2, 0) is 0 Å². The fraction of sp³-hybridized carbons (Fsp3) is 0. The third-order valence-electron chi connectivity index (χ3n) is 1.38. The smallest absolute Gasteiger partial charge is 0.266 e. The lowest BCUT2D eigenvalue weighted by molar-refractivity contribution is 0.0659. The molecule has 0 fully saturated rings. The molecular weight excluding hydrogens is 156 g/mol. The SMILES string of the molecule is NNN(N)C(=O)c1ccccc1.